The SMILES string of the molecule is CCC(CC)CN(CC(=O)OC)C(=O)c1ccccc1Br. The first-order chi connectivity index (χ1) is 10.0. The molecule has 0 saturated carbocycles. The number of methoxy groups -OCH3 is 1. The van der Waals surface area contributed by atoms with E-state index >= 15 is 0 Å². The van der Waals surface area contributed by atoms with E-state index in [1.165, 1.54) is 7.11 Å². The van der Waals surface area contributed by atoms with E-state index in [-0.39, 0.29) is 12.5 Å². The molecule has 0 aliphatic heterocycles. The number of esters is 1. The lowest BCUT2D eigenvalue weighted by molar-refractivity contribution is -0.141. The molecule has 0 aliphatic rings. The lowest BCUT2D eigenvalue weighted by Gasteiger charge is -2.26. The molecular weight excluding hydrogens is 334 g/mol. The lowest BCUT2D eigenvalue weighted by Crippen LogP contribution is -2.39. The monoisotopic (exact) mass is 355 g/mol. The van der Waals surface area contributed by atoms with Crippen LogP contribution in [0.25, 0.3) is 0 Å². The van der Waals surface area contributed by atoms with Crippen molar-refractivity contribution < 1.29 is 14.3 Å². The minimum Gasteiger partial charge on any atom is -0.468 e. The fourth-order valence-corrected chi connectivity index (χ4v) is 2.56. The average Bonchev–Trinajstić information content (AvgIpc) is 2.50. The second kappa shape index (κ2) is 8.82. The number of nitrogens with zero attached hydrogens (tertiary/aromatic N) is 1. The maximum absolute atomic E-state index is 12.7. The molecule has 0 spiro atoms. The number of amides is 1. The molecule has 4 nitrogen and oxygen atoms in total. The molecule has 1 rings (SSSR count). The van der Waals surface area contributed by atoms with Crippen molar-refractivity contribution in [3.05, 3.63) is 34.3 Å². The summed E-state index contributed by atoms with van der Waals surface area (Å²) in [5, 5.41) is 0. The summed E-state index contributed by atoms with van der Waals surface area (Å²) in [6.45, 7) is 4.72. The zero-order valence-corrected chi connectivity index (χ0v) is 14.4. The van der Waals surface area contributed by atoms with Gasteiger partial charge in [0.15, 0.2) is 0 Å². The van der Waals surface area contributed by atoms with E-state index in [1.54, 1.807) is 11.0 Å². The van der Waals surface area contributed by atoms with E-state index in [9.17, 15) is 9.59 Å². The highest BCUT2D eigenvalue weighted by Crippen LogP contribution is 2.19. The highest BCUT2D eigenvalue weighted by Gasteiger charge is 2.23. The Morgan fingerprint density at radius 3 is 2.38 bits per heavy atom. The van der Waals surface area contributed by atoms with Crippen LogP contribution in [-0.4, -0.2) is 37.0 Å². The number of hydrogen-bond acceptors (Lipinski definition) is 3. The number of rotatable bonds is 7. The van der Waals surface area contributed by atoms with Gasteiger partial charge < -0.3 is 9.64 Å². The Labute approximate surface area is 134 Å². The molecule has 0 N–H and O–H groups in total. The summed E-state index contributed by atoms with van der Waals surface area (Å²) >= 11 is 3.39. The Balaban J connectivity index is 2.96. The van der Waals surface area contributed by atoms with Crippen molar-refractivity contribution in [2.75, 3.05) is 20.2 Å². The summed E-state index contributed by atoms with van der Waals surface area (Å²) in [7, 11) is 1.33. The number of hydrogen-bond donors (Lipinski definition) is 0. The van der Waals surface area contributed by atoms with E-state index < -0.39 is 5.97 Å². The molecule has 0 unspecified atom stereocenters. The Morgan fingerprint density at radius 1 is 1.24 bits per heavy atom. The van der Waals surface area contributed by atoms with Crippen molar-refractivity contribution in [1.29, 1.82) is 0 Å². The van der Waals surface area contributed by atoms with Gasteiger partial charge in [-0.25, -0.2) is 0 Å². The van der Waals surface area contributed by atoms with Crippen molar-refractivity contribution in [3.8, 4) is 0 Å². The smallest absolute Gasteiger partial charge is 0.325 e. The maximum Gasteiger partial charge on any atom is 0.325 e. The van der Waals surface area contributed by atoms with E-state index in [1.807, 2.05) is 18.2 Å². The summed E-state index contributed by atoms with van der Waals surface area (Å²) in [4.78, 5) is 25.8. The van der Waals surface area contributed by atoms with Gasteiger partial charge in [0.05, 0.1) is 12.7 Å². The van der Waals surface area contributed by atoms with Gasteiger partial charge in [-0.1, -0.05) is 38.8 Å². The van der Waals surface area contributed by atoms with Crippen LogP contribution >= 0.6 is 15.9 Å². The summed E-state index contributed by atoms with van der Waals surface area (Å²) < 4.78 is 5.43. The second-order valence-corrected chi connectivity index (χ2v) is 5.78. The number of carbonyl (C=O) groups excluding carboxylic acids is 2. The van der Waals surface area contributed by atoms with Crippen LogP contribution in [0, 0.1) is 5.92 Å². The molecule has 0 radical (unpaired) electrons. The first kappa shape index (κ1) is 17.7. The minimum absolute atomic E-state index is 0.0207. The predicted octanol–water partition coefficient (Wildman–Crippen LogP) is 3.50. The molecule has 0 fully saturated rings. The van der Waals surface area contributed by atoms with E-state index in [4.69, 9.17) is 4.74 Å². The first-order valence-electron chi connectivity index (χ1n) is 7.14. The van der Waals surface area contributed by atoms with Gasteiger partial charge in [-0.05, 0) is 34.0 Å². The first-order valence-corrected chi connectivity index (χ1v) is 7.93. The summed E-state index contributed by atoms with van der Waals surface area (Å²) in [5.74, 6) is -0.178. The van der Waals surface area contributed by atoms with Crippen molar-refractivity contribution >= 4 is 27.8 Å². The fourth-order valence-electron chi connectivity index (χ4n) is 2.10. The molecule has 5 heteroatoms. The summed E-state index contributed by atoms with van der Waals surface area (Å²) in [6, 6.07) is 7.24. The van der Waals surface area contributed by atoms with Gasteiger partial charge >= 0.3 is 5.97 Å². The molecule has 0 bridgehead atoms. The zero-order valence-electron chi connectivity index (χ0n) is 12.8. The Hall–Kier alpha value is -1.36. The second-order valence-electron chi connectivity index (χ2n) is 4.92. The van der Waals surface area contributed by atoms with Crippen LogP contribution in [0.3, 0.4) is 0 Å². The molecule has 0 heterocycles. The van der Waals surface area contributed by atoms with Crippen molar-refractivity contribution in [2.45, 2.75) is 26.7 Å². The minimum atomic E-state index is -0.402. The summed E-state index contributed by atoms with van der Waals surface area (Å²) in [6.07, 6.45) is 1.94. The fraction of sp³-hybridized carbons (Fsp3) is 0.500. The van der Waals surface area contributed by atoms with Crippen LogP contribution in [0.15, 0.2) is 28.7 Å². The zero-order chi connectivity index (χ0) is 15.8. The van der Waals surface area contributed by atoms with Crippen LogP contribution < -0.4 is 0 Å². The van der Waals surface area contributed by atoms with Crippen LogP contribution in [0.2, 0.25) is 0 Å². The van der Waals surface area contributed by atoms with E-state index in [0.717, 1.165) is 17.3 Å². The standard InChI is InChI=1S/C16H22BrNO3/c1-4-12(5-2)10-18(11-15(19)21-3)16(20)13-8-6-7-9-14(13)17/h6-9,12H,4-5,10-11H2,1-3H3. The molecule has 0 saturated heterocycles. The molecule has 1 aromatic carbocycles. The largest absolute Gasteiger partial charge is 0.468 e. The van der Waals surface area contributed by atoms with Gasteiger partial charge in [0.1, 0.15) is 6.54 Å². The number of carbonyl (C=O) groups is 2. The normalized spacial score (nSPS) is 10.5. The van der Waals surface area contributed by atoms with Crippen molar-refractivity contribution in [3.63, 3.8) is 0 Å². The van der Waals surface area contributed by atoms with Crippen LogP contribution in [0.4, 0.5) is 0 Å². The molecule has 0 aliphatic carbocycles. The van der Waals surface area contributed by atoms with Gasteiger partial charge in [0.25, 0.3) is 5.91 Å². The Morgan fingerprint density at radius 2 is 1.86 bits per heavy atom. The molecule has 1 aromatic rings. The molecule has 0 aromatic heterocycles. The topological polar surface area (TPSA) is 46.6 Å². The average molecular weight is 356 g/mol. The maximum atomic E-state index is 12.7. The Kier molecular flexibility index (Phi) is 7.43. The van der Waals surface area contributed by atoms with Gasteiger partial charge in [0, 0.05) is 11.0 Å². The predicted molar refractivity (Wildman–Crippen MR) is 86.1 cm³/mol. The van der Waals surface area contributed by atoms with Crippen LogP contribution in [0.1, 0.15) is 37.0 Å². The number of halogens is 1. The lowest BCUT2D eigenvalue weighted by atomic mass is 10.0. The highest BCUT2D eigenvalue weighted by molar-refractivity contribution is 9.10. The summed E-state index contributed by atoms with van der Waals surface area (Å²) in [5.41, 5.74) is 0.562. The third-order valence-corrected chi connectivity index (χ3v) is 4.26. The van der Waals surface area contributed by atoms with Gasteiger partial charge in [0.2, 0.25) is 0 Å². The quantitative estimate of drug-likeness (QED) is 0.703. The Bertz CT molecular complexity index is 486. The number of benzene rings is 1. The number of ether oxygens (including phenoxy) is 1. The van der Waals surface area contributed by atoms with Crippen molar-refractivity contribution in [2.24, 2.45) is 5.92 Å². The van der Waals surface area contributed by atoms with Crippen LogP contribution in [0.5, 0.6) is 0 Å². The van der Waals surface area contributed by atoms with Gasteiger partial charge in [-0.3, -0.25) is 9.59 Å². The van der Waals surface area contributed by atoms with E-state index in [0.29, 0.717) is 18.0 Å². The van der Waals surface area contributed by atoms with Gasteiger partial charge in [-0.2, -0.15) is 0 Å². The van der Waals surface area contributed by atoms with Crippen molar-refractivity contribution in [1.82, 2.24) is 4.90 Å². The third-order valence-electron chi connectivity index (χ3n) is 3.57. The molecular formula is C16H22BrNO3. The highest BCUT2D eigenvalue weighted by atomic mass is 79.9. The molecule has 1 amide bonds. The van der Waals surface area contributed by atoms with Gasteiger partial charge in [-0.15, -0.1) is 0 Å². The van der Waals surface area contributed by atoms with Crippen LogP contribution in [-0.2, 0) is 9.53 Å². The van der Waals surface area contributed by atoms with E-state index in [2.05, 4.69) is 29.8 Å². The molecule has 0 atom stereocenters. The molecule has 21 heavy (non-hydrogen) atoms. The third kappa shape index (κ3) is 5.16. The molecule has 116 valence electrons.